The van der Waals surface area contributed by atoms with Gasteiger partial charge in [-0.1, -0.05) is 18.2 Å². The van der Waals surface area contributed by atoms with E-state index >= 15 is 0 Å². The number of benzene rings is 1. The second-order valence-corrected chi connectivity index (χ2v) is 6.15. The van der Waals surface area contributed by atoms with Crippen LogP contribution in [0.15, 0.2) is 47.5 Å². The molecule has 2 aromatic rings. The van der Waals surface area contributed by atoms with Gasteiger partial charge >= 0.3 is 0 Å². The smallest absolute Gasteiger partial charge is 0.240 e. The zero-order valence-electron chi connectivity index (χ0n) is 11.3. The van der Waals surface area contributed by atoms with Crippen LogP contribution < -0.4 is 9.62 Å². The molecule has 0 saturated carbocycles. The van der Waals surface area contributed by atoms with E-state index in [1.54, 1.807) is 47.5 Å². The average molecular weight is 292 g/mol. The highest BCUT2D eigenvalue weighted by Gasteiger charge is 2.13. The molecule has 0 aliphatic rings. The van der Waals surface area contributed by atoms with Crippen molar-refractivity contribution in [2.75, 3.05) is 19.0 Å². The summed E-state index contributed by atoms with van der Waals surface area (Å²) >= 11 is 0. The first-order valence-electron chi connectivity index (χ1n) is 6.03. The van der Waals surface area contributed by atoms with Crippen LogP contribution in [0.5, 0.6) is 0 Å². The Morgan fingerprint density at radius 3 is 2.50 bits per heavy atom. The third-order valence-electron chi connectivity index (χ3n) is 2.60. The monoisotopic (exact) mass is 292 g/mol. The summed E-state index contributed by atoms with van der Waals surface area (Å²) in [6, 6.07) is 9.92. The van der Waals surface area contributed by atoms with E-state index in [-0.39, 0.29) is 11.4 Å². The lowest BCUT2D eigenvalue weighted by Crippen LogP contribution is -2.24. The highest BCUT2D eigenvalue weighted by molar-refractivity contribution is 7.89. The van der Waals surface area contributed by atoms with Crippen molar-refractivity contribution in [3.63, 3.8) is 0 Å². The van der Waals surface area contributed by atoms with Crippen LogP contribution in [0.4, 0.5) is 5.95 Å². The normalized spacial score (nSPS) is 11.3. The van der Waals surface area contributed by atoms with Crippen LogP contribution in [0.3, 0.4) is 0 Å². The molecule has 0 saturated heterocycles. The predicted octanol–water partition coefficient (Wildman–Crippen LogP) is 1.02. The van der Waals surface area contributed by atoms with E-state index in [2.05, 4.69) is 14.7 Å². The summed E-state index contributed by atoms with van der Waals surface area (Å²) in [6.07, 6.45) is 1.61. The van der Waals surface area contributed by atoms with Gasteiger partial charge in [0.15, 0.2) is 0 Å². The largest absolute Gasteiger partial charge is 0.347 e. The van der Waals surface area contributed by atoms with Gasteiger partial charge in [-0.2, -0.15) is 0 Å². The van der Waals surface area contributed by atoms with E-state index < -0.39 is 10.0 Å². The number of anilines is 1. The standard InChI is InChI=1S/C13H16N4O2S/c1-17(2)13-14-9-8-11(16-13)10-15-20(18,19)12-6-4-3-5-7-12/h3-9,15H,10H2,1-2H3. The summed E-state index contributed by atoms with van der Waals surface area (Å²) in [5.74, 6) is 0.543. The fourth-order valence-electron chi connectivity index (χ4n) is 1.55. The number of nitrogens with zero attached hydrogens (tertiary/aromatic N) is 3. The Morgan fingerprint density at radius 1 is 1.15 bits per heavy atom. The first-order chi connectivity index (χ1) is 9.49. The molecule has 0 spiro atoms. The van der Waals surface area contributed by atoms with E-state index in [1.807, 2.05) is 14.1 Å². The van der Waals surface area contributed by atoms with Crippen molar-refractivity contribution in [1.29, 1.82) is 0 Å². The minimum Gasteiger partial charge on any atom is -0.347 e. The van der Waals surface area contributed by atoms with E-state index in [0.29, 0.717) is 11.6 Å². The molecule has 1 heterocycles. The highest BCUT2D eigenvalue weighted by atomic mass is 32.2. The lowest BCUT2D eigenvalue weighted by molar-refractivity contribution is 0.580. The van der Waals surface area contributed by atoms with Crippen LogP contribution in [0.2, 0.25) is 0 Å². The molecule has 6 nitrogen and oxygen atoms in total. The Hall–Kier alpha value is -1.99. The molecule has 0 bridgehead atoms. The number of sulfonamides is 1. The maximum Gasteiger partial charge on any atom is 0.240 e. The molecule has 0 aliphatic heterocycles. The van der Waals surface area contributed by atoms with Gasteiger partial charge in [0.2, 0.25) is 16.0 Å². The quantitative estimate of drug-likeness (QED) is 0.890. The van der Waals surface area contributed by atoms with Crippen molar-refractivity contribution in [2.24, 2.45) is 0 Å². The van der Waals surface area contributed by atoms with Crippen molar-refractivity contribution in [1.82, 2.24) is 14.7 Å². The van der Waals surface area contributed by atoms with Gasteiger partial charge in [0.1, 0.15) is 0 Å². The molecule has 106 valence electrons. The van der Waals surface area contributed by atoms with Crippen molar-refractivity contribution in [3.8, 4) is 0 Å². The molecule has 1 aromatic heterocycles. The molecule has 0 aliphatic carbocycles. The number of hydrogen-bond acceptors (Lipinski definition) is 5. The van der Waals surface area contributed by atoms with Gasteiger partial charge in [-0.3, -0.25) is 0 Å². The minimum absolute atomic E-state index is 0.126. The van der Waals surface area contributed by atoms with Crippen molar-refractivity contribution >= 4 is 16.0 Å². The van der Waals surface area contributed by atoms with E-state index in [0.717, 1.165) is 0 Å². The van der Waals surface area contributed by atoms with Crippen molar-refractivity contribution < 1.29 is 8.42 Å². The van der Waals surface area contributed by atoms with Crippen molar-refractivity contribution in [3.05, 3.63) is 48.3 Å². The Balaban J connectivity index is 2.11. The third-order valence-corrected chi connectivity index (χ3v) is 4.01. The summed E-state index contributed by atoms with van der Waals surface area (Å²) in [5.41, 5.74) is 0.614. The summed E-state index contributed by atoms with van der Waals surface area (Å²) < 4.78 is 26.6. The Bertz CT molecular complexity index is 672. The van der Waals surface area contributed by atoms with Gasteiger partial charge in [-0.05, 0) is 18.2 Å². The van der Waals surface area contributed by atoms with Gasteiger partial charge in [0.25, 0.3) is 0 Å². The maximum atomic E-state index is 12.1. The molecule has 0 fully saturated rings. The number of aromatic nitrogens is 2. The second kappa shape index (κ2) is 5.98. The molecular formula is C13H16N4O2S. The SMILES string of the molecule is CN(C)c1nccc(CNS(=O)(=O)c2ccccc2)n1. The van der Waals surface area contributed by atoms with Crippen LogP contribution in [0, 0.1) is 0 Å². The van der Waals surface area contributed by atoms with Crippen LogP contribution in [0.1, 0.15) is 5.69 Å². The molecule has 1 N–H and O–H groups in total. The van der Waals surface area contributed by atoms with Gasteiger partial charge in [-0.15, -0.1) is 0 Å². The number of nitrogens with one attached hydrogen (secondary N) is 1. The molecule has 0 unspecified atom stereocenters. The zero-order chi connectivity index (χ0) is 14.6. The van der Waals surface area contributed by atoms with Crippen LogP contribution in [0.25, 0.3) is 0 Å². The molecule has 0 atom stereocenters. The van der Waals surface area contributed by atoms with E-state index in [9.17, 15) is 8.42 Å². The van der Waals surface area contributed by atoms with Gasteiger partial charge in [-0.25, -0.2) is 23.1 Å². The highest BCUT2D eigenvalue weighted by Crippen LogP contribution is 2.09. The molecule has 0 radical (unpaired) electrons. The summed E-state index contributed by atoms with van der Waals surface area (Å²) in [7, 11) is 0.138. The molecule has 1 aromatic carbocycles. The Morgan fingerprint density at radius 2 is 1.85 bits per heavy atom. The van der Waals surface area contributed by atoms with Crippen molar-refractivity contribution in [2.45, 2.75) is 11.4 Å². The fraction of sp³-hybridized carbons (Fsp3) is 0.231. The summed E-state index contributed by atoms with van der Waals surface area (Å²) in [6.45, 7) is 0.126. The van der Waals surface area contributed by atoms with Gasteiger partial charge in [0.05, 0.1) is 17.1 Å². The molecule has 0 amide bonds. The minimum atomic E-state index is -3.52. The molecular weight excluding hydrogens is 276 g/mol. The Labute approximate surface area is 118 Å². The van der Waals surface area contributed by atoms with Crippen LogP contribution in [-0.2, 0) is 16.6 Å². The lowest BCUT2D eigenvalue weighted by atomic mass is 10.4. The number of hydrogen-bond donors (Lipinski definition) is 1. The maximum absolute atomic E-state index is 12.1. The number of rotatable bonds is 5. The van der Waals surface area contributed by atoms with E-state index in [4.69, 9.17) is 0 Å². The zero-order valence-corrected chi connectivity index (χ0v) is 12.1. The van der Waals surface area contributed by atoms with Crippen LogP contribution in [-0.4, -0.2) is 32.5 Å². The van der Waals surface area contributed by atoms with Crippen LogP contribution >= 0.6 is 0 Å². The summed E-state index contributed by atoms with van der Waals surface area (Å²) in [4.78, 5) is 10.3. The topological polar surface area (TPSA) is 75.2 Å². The average Bonchev–Trinajstić information content (AvgIpc) is 2.46. The lowest BCUT2D eigenvalue weighted by Gasteiger charge is -2.11. The second-order valence-electron chi connectivity index (χ2n) is 4.38. The predicted molar refractivity (Wildman–Crippen MR) is 76.8 cm³/mol. The molecule has 7 heteroatoms. The van der Waals surface area contributed by atoms with Gasteiger partial charge in [0, 0.05) is 20.3 Å². The van der Waals surface area contributed by atoms with E-state index in [1.165, 1.54) is 0 Å². The molecule has 2 rings (SSSR count). The summed E-state index contributed by atoms with van der Waals surface area (Å²) in [5, 5.41) is 0. The first-order valence-corrected chi connectivity index (χ1v) is 7.51. The first kappa shape index (κ1) is 14.4. The third kappa shape index (κ3) is 3.52. The fourth-order valence-corrected chi connectivity index (χ4v) is 2.57. The van der Waals surface area contributed by atoms with Gasteiger partial charge < -0.3 is 4.90 Å². The Kier molecular flexibility index (Phi) is 4.31. The molecule has 20 heavy (non-hydrogen) atoms.